The standard InChI is InChI=1S/C27H38BrN9O/c1-18-20(29-7-10-35-8-5-6-9-35)15-19(26(38)32-27(2,3)4)16-21(18)36-11-13-37(14-12-36)25-22-23(28)33-34-24(22)30-17-31-25/h15-17,29H,5-14H2,1-4H3,(H,32,38)(H,30,31,33,34). The molecule has 38 heavy (non-hydrogen) atoms. The molecular formula is C27H38BrN9O. The number of H-pyrrole nitrogens is 1. The molecule has 2 fully saturated rings. The first-order valence-electron chi connectivity index (χ1n) is 13.5. The van der Waals surface area contributed by atoms with Crippen LogP contribution < -0.4 is 20.4 Å². The van der Waals surface area contributed by atoms with E-state index in [1.54, 1.807) is 6.33 Å². The van der Waals surface area contributed by atoms with E-state index in [2.05, 4.69) is 68.4 Å². The highest BCUT2D eigenvalue weighted by atomic mass is 79.9. The van der Waals surface area contributed by atoms with Gasteiger partial charge in [-0.05, 0) is 87.3 Å². The van der Waals surface area contributed by atoms with Gasteiger partial charge in [0.1, 0.15) is 16.7 Å². The van der Waals surface area contributed by atoms with E-state index >= 15 is 0 Å². The molecule has 0 atom stereocenters. The van der Waals surface area contributed by atoms with E-state index in [1.807, 2.05) is 32.9 Å². The van der Waals surface area contributed by atoms with E-state index in [0.717, 1.165) is 72.1 Å². The zero-order valence-corrected chi connectivity index (χ0v) is 24.4. The van der Waals surface area contributed by atoms with E-state index < -0.39 is 0 Å². The zero-order chi connectivity index (χ0) is 26.9. The lowest BCUT2D eigenvalue weighted by Gasteiger charge is -2.38. The number of carbonyl (C=O) groups excluding carboxylic acids is 1. The van der Waals surface area contributed by atoms with Gasteiger partial charge in [-0.25, -0.2) is 9.97 Å². The van der Waals surface area contributed by atoms with Gasteiger partial charge in [-0.1, -0.05) is 0 Å². The van der Waals surface area contributed by atoms with Crippen LogP contribution in [0.15, 0.2) is 23.1 Å². The van der Waals surface area contributed by atoms with Crippen LogP contribution in [0.1, 0.15) is 49.5 Å². The molecule has 2 aromatic heterocycles. The summed E-state index contributed by atoms with van der Waals surface area (Å²) in [7, 11) is 0. The molecule has 0 radical (unpaired) electrons. The van der Waals surface area contributed by atoms with Crippen LogP contribution in [0.3, 0.4) is 0 Å². The van der Waals surface area contributed by atoms with Crippen LogP contribution in [-0.4, -0.2) is 88.9 Å². The number of fused-ring (bicyclic) bond motifs is 1. The van der Waals surface area contributed by atoms with Gasteiger partial charge in [-0.15, -0.1) is 0 Å². The summed E-state index contributed by atoms with van der Waals surface area (Å²) < 4.78 is 0.726. The van der Waals surface area contributed by atoms with E-state index in [0.29, 0.717) is 5.56 Å². The van der Waals surface area contributed by atoms with Crippen LogP contribution in [0.4, 0.5) is 17.2 Å². The van der Waals surface area contributed by atoms with Crippen molar-refractivity contribution in [1.82, 2.24) is 30.4 Å². The van der Waals surface area contributed by atoms with Crippen molar-refractivity contribution in [3.05, 3.63) is 34.2 Å². The number of anilines is 3. The number of aromatic nitrogens is 4. The Hall–Kier alpha value is -2.92. The molecule has 1 aromatic carbocycles. The molecular weight excluding hydrogens is 546 g/mol. The fraction of sp³-hybridized carbons (Fsp3) is 0.556. The van der Waals surface area contributed by atoms with Crippen LogP contribution in [0, 0.1) is 6.92 Å². The van der Waals surface area contributed by atoms with Crippen LogP contribution in [0.2, 0.25) is 0 Å². The van der Waals surface area contributed by atoms with Crippen molar-refractivity contribution in [2.75, 3.05) is 67.5 Å². The van der Waals surface area contributed by atoms with Gasteiger partial charge in [0, 0.05) is 61.7 Å². The van der Waals surface area contributed by atoms with Gasteiger partial charge in [0.2, 0.25) is 0 Å². The van der Waals surface area contributed by atoms with Crippen LogP contribution >= 0.6 is 15.9 Å². The van der Waals surface area contributed by atoms with E-state index in [9.17, 15) is 4.79 Å². The molecule has 0 saturated carbocycles. The maximum atomic E-state index is 13.2. The van der Waals surface area contributed by atoms with Crippen LogP contribution in [0.5, 0.6) is 0 Å². The molecule has 0 spiro atoms. The maximum absolute atomic E-state index is 13.2. The molecule has 3 N–H and O–H groups in total. The van der Waals surface area contributed by atoms with Gasteiger partial charge >= 0.3 is 0 Å². The average molecular weight is 585 g/mol. The Morgan fingerprint density at radius 1 is 1.05 bits per heavy atom. The van der Waals surface area contributed by atoms with E-state index in [-0.39, 0.29) is 11.4 Å². The number of hydrogen-bond acceptors (Lipinski definition) is 8. The fourth-order valence-corrected chi connectivity index (χ4v) is 5.77. The lowest BCUT2D eigenvalue weighted by molar-refractivity contribution is 0.0919. The number of aromatic amines is 1. The smallest absolute Gasteiger partial charge is 0.251 e. The third kappa shape index (κ3) is 5.88. The van der Waals surface area contributed by atoms with Gasteiger partial charge < -0.3 is 25.3 Å². The topological polar surface area (TPSA) is 105 Å². The van der Waals surface area contributed by atoms with Crippen LogP contribution in [0.25, 0.3) is 11.0 Å². The summed E-state index contributed by atoms with van der Waals surface area (Å²) in [6.45, 7) is 15.7. The Kier molecular flexibility index (Phi) is 7.76. The minimum Gasteiger partial charge on any atom is -0.383 e. The van der Waals surface area contributed by atoms with Gasteiger partial charge in [-0.3, -0.25) is 9.89 Å². The van der Waals surface area contributed by atoms with Crippen molar-refractivity contribution < 1.29 is 4.79 Å². The molecule has 0 unspecified atom stereocenters. The summed E-state index contributed by atoms with van der Waals surface area (Å²) >= 11 is 3.53. The Labute approximate surface area is 232 Å². The molecule has 11 heteroatoms. The first-order chi connectivity index (χ1) is 18.2. The number of benzene rings is 1. The second kappa shape index (κ2) is 11.1. The quantitative estimate of drug-likeness (QED) is 0.386. The third-order valence-corrected chi connectivity index (χ3v) is 7.86. The SMILES string of the molecule is Cc1c(NCCN2CCCC2)cc(C(=O)NC(C)(C)C)cc1N1CCN(c2ncnc3[nH]nc(Br)c23)CC1. The molecule has 0 bridgehead atoms. The Balaban J connectivity index is 1.36. The summed E-state index contributed by atoms with van der Waals surface area (Å²) in [5.41, 5.74) is 4.42. The van der Waals surface area contributed by atoms with Gasteiger partial charge in [-0.2, -0.15) is 5.10 Å². The summed E-state index contributed by atoms with van der Waals surface area (Å²) in [6.07, 6.45) is 4.15. The molecule has 0 aliphatic carbocycles. The van der Waals surface area contributed by atoms with Crippen molar-refractivity contribution in [3.8, 4) is 0 Å². The number of rotatable bonds is 7. The molecule has 4 heterocycles. The van der Waals surface area contributed by atoms with Gasteiger partial charge in [0.25, 0.3) is 5.91 Å². The van der Waals surface area contributed by atoms with Crippen LogP contribution in [-0.2, 0) is 0 Å². The van der Waals surface area contributed by atoms with E-state index in [1.165, 1.54) is 31.5 Å². The molecule has 1 amide bonds. The molecule has 2 aliphatic rings. The molecule has 204 valence electrons. The number of piperazine rings is 1. The monoisotopic (exact) mass is 583 g/mol. The number of hydrogen-bond donors (Lipinski definition) is 3. The van der Waals surface area contributed by atoms with Gasteiger partial charge in [0.05, 0.1) is 5.39 Å². The van der Waals surface area contributed by atoms with E-state index in [4.69, 9.17) is 0 Å². The highest BCUT2D eigenvalue weighted by Gasteiger charge is 2.25. The Bertz CT molecular complexity index is 1290. The lowest BCUT2D eigenvalue weighted by atomic mass is 10.0. The highest BCUT2D eigenvalue weighted by Crippen LogP contribution is 2.33. The normalized spacial score (nSPS) is 16.9. The molecule has 5 rings (SSSR count). The number of likely N-dealkylation sites (tertiary alicyclic amines) is 1. The highest BCUT2D eigenvalue weighted by molar-refractivity contribution is 9.10. The maximum Gasteiger partial charge on any atom is 0.251 e. The Morgan fingerprint density at radius 2 is 1.76 bits per heavy atom. The summed E-state index contributed by atoms with van der Waals surface area (Å²) in [6, 6.07) is 4.06. The molecule has 3 aromatic rings. The first-order valence-corrected chi connectivity index (χ1v) is 14.3. The summed E-state index contributed by atoms with van der Waals surface area (Å²) in [5, 5.41) is 14.9. The molecule has 2 aliphatic heterocycles. The zero-order valence-electron chi connectivity index (χ0n) is 22.8. The molecule has 2 saturated heterocycles. The third-order valence-electron chi connectivity index (χ3n) is 7.29. The minimum atomic E-state index is -0.304. The van der Waals surface area contributed by atoms with Crippen molar-refractivity contribution in [2.24, 2.45) is 0 Å². The van der Waals surface area contributed by atoms with Crippen molar-refractivity contribution in [3.63, 3.8) is 0 Å². The largest absolute Gasteiger partial charge is 0.383 e. The second-order valence-corrected chi connectivity index (χ2v) is 12.0. The summed E-state index contributed by atoms with van der Waals surface area (Å²) in [4.78, 5) is 29.2. The number of nitrogens with one attached hydrogen (secondary N) is 3. The second-order valence-electron chi connectivity index (χ2n) is 11.3. The van der Waals surface area contributed by atoms with Gasteiger partial charge in [0.15, 0.2) is 5.65 Å². The Morgan fingerprint density at radius 3 is 2.47 bits per heavy atom. The number of halogens is 1. The number of nitrogens with zero attached hydrogens (tertiary/aromatic N) is 6. The predicted octanol–water partition coefficient (Wildman–Crippen LogP) is 3.79. The molecule has 10 nitrogen and oxygen atoms in total. The first kappa shape index (κ1) is 26.7. The van der Waals surface area contributed by atoms with Crippen molar-refractivity contribution in [2.45, 2.75) is 46.1 Å². The fourth-order valence-electron chi connectivity index (χ4n) is 5.32. The van der Waals surface area contributed by atoms with Crippen molar-refractivity contribution in [1.29, 1.82) is 0 Å². The number of carbonyl (C=O) groups is 1. The minimum absolute atomic E-state index is 0.0480. The summed E-state index contributed by atoms with van der Waals surface area (Å²) in [5.74, 6) is 0.836. The van der Waals surface area contributed by atoms with Crippen molar-refractivity contribution >= 4 is 50.1 Å². The lowest BCUT2D eigenvalue weighted by Crippen LogP contribution is -2.47. The average Bonchev–Trinajstić information content (AvgIpc) is 3.54. The number of amides is 1. The predicted molar refractivity (Wildman–Crippen MR) is 156 cm³/mol.